The van der Waals surface area contributed by atoms with Gasteiger partial charge in [0.05, 0.1) is 6.04 Å². The van der Waals surface area contributed by atoms with Crippen LogP contribution in [0.15, 0.2) is 12.7 Å². The van der Waals surface area contributed by atoms with Gasteiger partial charge in [0.15, 0.2) is 0 Å². The van der Waals surface area contributed by atoms with Crippen molar-refractivity contribution in [1.29, 1.82) is 0 Å². The molecule has 5 atom stereocenters. The second kappa shape index (κ2) is 15.5. The number of urea groups is 1. The van der Waals surface area contributed by atoms with Gasteiger partial charge in [-0.15, -0.1) is 6.58 Å². The summed E-state index contributed by atoms with van der Waals surface area (Å²) < 4.78 is 0. The number of rotatable bonds is 14. The summed E-state index contributed by atoms with van der Waals surface area (Å²) in [4.78, 5) is 81.7. The minimum atomic E-state index is -1.11. The van der Waals surface area contributed by atoms with Crippen molar-refractivity contribution in [2.45, 2.75) is 105 Å². The van der Waals surface area contributed by atoms with Crippen LogP contribution in [0.1, 0.15) is 80.6 Å². The van der Waals surface area contributed by atoms with Crippen molar-refractivity contribution in [3.05, 3.63) is 12.7 Å². The highest BCUT2D eigenvalue weighted by molar-refractivity contribution is 6.37. The predicted octanol–water partition coefficient (Wildman–Crippen LogP) is 1.97. The van der Waals surface area contributed by atoms with E-state index < -0.39 is 59.1 Å². The van der Waals surface area contributed by atoms with E-state index in [0.717, 1.165) is 19.3 Å². The van der Waals surface area contributed by atoms with Crippen LogP contribution in [-0.2, 0) is 24.0 Å². The van der Waals surface area contributed by atoms with Crippen molar-refractivity contribution >= 4 is 35.4 Å². The van der Waals surface area contributed by atoms with Gasteiger partial charge in [0, 0.05) is 20.1 Å². The summed E-state index contributed by atoms with van der Waals surface area (Å²) in [6.45, 7) is 17.3. The molecule has 12 heteroatoms. The van der Waals surface area contributed by atoms with E-state index in [0.29, 0.717) is 19.4 Å². The van der Waals surface area contributed by atoms with Gasteiger partial charge in [0.2, 0.25) is 23.5 Å². The van der Waals surface area contributed by atoms with Crippen LogP contribution in [0.3, 0.4) is 0 Å². The van der Waals surface area contributed by atoms with E-state index in [2.05, 4.69) is 22.5 Å². The fraction of sp³-hybridized carbons (Fsp3) is 0.750. The lowest BCUT2D eigenvalue weighted by molar-refractivity contribution is -0.144. The molecule has 0 aromatic heterocycles. The van der Waals surface area contributed by atoms with Crippen LogP contribution < -0.4 is 21.7 Å². The molecule has 2 fully saturated rings. The zero-order valence-electron chi connectivity index (χ0n) is 27.8. The van der Waals surface area contributed by atoms with E-state index in [1.54, 1.807) is 13.1 Å². The molecule has 1 heterocycles. The van der Waals surface area contributed by atoms with Crippen molar-refractivity contribution in [2.75, 3.05) is 20.1 Å². The van der Waals surface area contributed by atoms with E-state index in [1.807, 2.05) is 48.5 Å². The molecule has 6 amide bonds. The molecule has 1 aliphatic heterocycles. The van der Waals surface area contributed by atoms with Gasteiger partial charge in [-0.3, -0.25) is 24.0 Å². The largest absolute Gasteiger partial charge is 0.363 e. The van der Waals surface area contributed by atoms with Crippen LogP contribution in [-0.4, -0.2) is 89.5 Å². The maximum absolute atomic E-state index is 14.2. The molecule has 0 aromatic carbocycles. The number of nitrogens with zero attached hydrogens (tertiary/aromatic N) is 2. The summed E-state index contributed by atoms with van der Waals surface area (Å²) >= 11 is 0. The molecule has 0 bridgehead atoms. The molecule has 2 rings (SSSR count). The molecule has 0 aromatic rings. The number of carbonyl (C=O) groups excluding carboxylic acids is 6. The minimum absolute atomic E-state index is 0.0372. The van der Waals surface area contributed by atoms with Crippen molar-refractivity contribution < 1.29 is 28.8 Å². The third kappa shape index (κ3) is 9.28. The van der Waals surface area contributed by atoms with E-state index in [4.69, 9.17) is 5.73 Å². The Kier molecular flexibility index (Phi) is 13.0. The number of amides is 6. The maximum atomic E-state index is 14.2. The Hall–Kier alpha value is -3.44. The van der Waals surface area contributed by atoms with Crippen molar-refractivity contribution in [3.8, 4) is 0 Å². The SMILES string of the molecule is C=CCN(C)C(=O)[C@@H](NC(=O)N[C@H](C(=O)N1CC[C@H](C(C)C)[C@H]1C(=O)NC(CC1CCC1)C(=O)C(N)=O)C(C)(C)C)C(C)C. The molecule has 1 aliphatic carbocycles. The van der Waals surface area contributed by atoms with Crippen molar-refractivity contribution in [1.82, 2.24) is 25.8 Å². The van der Waals surface area contributed by atoms with Crippen LogP contribution in [0.4, 0.5) is 4.79 Å². The van der Waals surface area contributed by atoms with Crippen molar-refractivity contribution in [3.63, 3.8) is 0 Å². The molecule has 5 N–H and O–H groups in total. The fourth-order valence-electron chi connectivity index (χ4n) is 5.98. The number of ketones is 1. The minimum Gasteiger partial charge on any atom is -0.363 e. The molecular weight excluding hydrogens is 564 g/mol. The number of likely N-dealkylation sites (N-methyl/N-ethyl adjacent to an activating group) is 1. The number of hydrogen-bond donors (Lipinski definition) is 4. The highest BCUT2D eigenvalue weighted by Gasteiger charge is 2.48. The molecule has 0 radical (unpaired) electrons. The first kappa shape index (κ1) is 36.8. The summed E-state index contributed by atoms with van der Waals surface area (Å²) in [6, 6.07) is -4.50. The average Bonchev–Trinajstić information content (AvgIpc) is 3.35. The standard InChI is InChI=1S/C32H54N6O6/c1-10-15-37(9)29(42)23(19(4)5)35-31(44)36-26(32(6,7)8)30(43)38-16-14-21(18(2)3)24(38)28(41)34-22(25(39)27(33)40)17-20-12-11-13-20/h10,18-24,26H,1,11-17H2,2-9H3,(H2,33,40)(H,34,41)(H2,35,36,44)/t21-,22?,23+,24+,26-/m1/s1. The van der Waals surface area contributed by atoms with Gasteiger partial charge in [-0.25, -0.2) is 4.79 Å². The van der Waals surface area contributed by atoms with E-state index in [-0.39, 0.29) is 36.1 Å². The summed E-state index contributed by atoms with van der Waals surface area (Å²) in [6.07, 6.45) is 5.33. The molecule has 248 valence electrons. The first-order valence-corrected chi connectivity index (χ1v) is 15.8. The molecule has 1 unspecified atom stereocenters. The van der Waals surface area contributed by atoms with Gasteiger partial charge in [0.25, 0.3) is 5.91 Å². The predicted molar refractivity (Wildman–Crippen MR) is 168 cm³/mol. The fourth-order valence-corrected chi connectivity index (χ4v) is 5.98. The van der Waals surface area contributed by atoms with Gasteiger partial charge in [-0.2, -0.15) is 0 Å². The van der Waals surface area contributed by atoms with Crippen LogP contribution in [0.25, 0.3) is 0 Å². The number of Topliss-reactive ketones (excluding diaryl/α,β-unsaturated/α-hetero) is 1. The van der Waals surface area contributed by atoms with E-state index in [1.165, 1.54) is 9.80 Å². The van der Waals surface area contributed by atoms with Gasteiger partial charge in [-0.05, 0) is 41.9 Å². The highest BCUT2D eigenvalue weighted by atomic mass is 16.2. The normalized spacial score (nSPS) is 20.7. The van der Waals surface area contributed by atoms with Crippen LogP contribution in [0, 0.1) is 29.1 Å². The number of hydrogen-bond acceptors (Lipinski definition) is 6. The molecule has 0 spiro atoms. The number of nitrogens with one attached hydrogen (secondary N) is 3. The molecular formula is C32H54N6O6. The summed E-state index contributed by atoms with van der Waals surface area (Å²) in [5.74, 6) is -3.36. The molecule has 1 saturated carbocycles. The van der Waals surface area contributed by atoms with Gasteiger partial charge in [0.1, 0.15) is 18.1 Å². The van der Waals surface area contributed by atoms with Crippen LogP contribution in [0.5, 0.6) is 0 Å². The lowest BCUT2D eigenvalue weighted by Gasteiger charge is -2.37. The average molecular weight is 619 g/mol. The molecule has 2 aliphatic rings. The van der Waals surface area contributed by atoms with Gasteiger partial charge in [-0.1, -0.05) is 73.8 Å². The number of likely N-dealkylation sites (tertiary alicyclic amines) is 1. The van der Waals surface area contributed by atoms with Gasteiger partial charge >= 0.3 is 6.03 Å². The molecule has 1 saturated heterocycles. The Labute approximate surface area is 262 Å². The van der Waals surface area contributed by atoms with Crippen molar-refractivity contribution in [2.24, 2.45) is 34.8 Å². The Balaban J connectivity index is 2.32. The Morgan fingerprint density at radius 2 is 1.61 bits per heavy atom. The summed E-state index contributed by atoms with van der Waals surface area (Å²) in [5.41, 5.74) is 4.56. The smallest absolute Gasteiger partial charge is 0.316 e. The monoisotopic (exact) mass is 618 g/mol. The lowest BCUT2D eigenvalue weighted by Crippen LogP contribution is -2.62. The zero-order chi connectivity index (χ0) is 33.5. The maximum Gasteiger partial charge on any atom is 0.316 e. The van der Waals surface area contributed by atoms with Crippen LogP contribution in [0.2, 0.25) is 0 Å². The topological polar surface area (TPSA) is 171 Å². The first-order valence-electron chi connectivity index (χ1n) is 15.8. The number of primary amides is 1. The van der Waals surface area contributed by atoms with Gasteiger partial charge < -0.3 is 31.5 Å². The number of carbonyl (C=O) groups is 6. The summed E-state index contributed by atoms with van der Waals surface area (Å²) in [7, 11) is 1.62. The third-order valence-electron chi connectivity index (χ3n) is 8.91. The summed E-state index contributed by atoms with van der Waals surface area (Å²) in [5, 5.41) is 8.29. The third-order valence-corrected chi connectivity index (χ3v) is 8.91. The molecule has 44 heavy (non-hydrogen) atoms. The van der Waals surface area contributed by atoms with Crippen LogP contribution >= 0.6 is 0 Å². The zero-order valence-corrected chi connectivity index (χ0v) is 27.8. The lowest BCUT2D eigenvalue weighted by atomic mass is 9.80. The quantitative estimate of drug-likeness (QED) is 0.171. The Bertz CT molecular complexity index is 1100. The number of nitrogens with two attached hydrogens (primary N) is 1. The second-order valence-electron chi connectivity index (χ2n) is 14.1. The van der Waals surface area contributed by atoms with E-state index >= 15 is 0 Å². The second-order valence-corrected chi connectivity index (χ2v) is 14.1. The first-order chi connectivity index (χ1) is 20.4. The Morgan fingerprint density at radius 3 is 2.07 bits per heavy atom. The Morgan fingerprint density at radius 1 is 1.00 bits per heavy atom. The molecule has 12 nitrogen and oxygen atoms in total. The highest BCUT2D eigenvalue weighted by Crippen LogP contribution is 2.34. The van der Waals surface area contributed by atoms with E-state index in [9.17, 15) is 28.8 Å².